The second-order valence-corrected chi connectivity index (χ2v) is 6.43. The van der Waals surface area contributed by atoms with Crippen molar-refractivity contribution in [2.75, 3.05) is 40.3 Å². The quantitative estimate of drug-likeness (QED) is 0.832. The van der Waals surface area contributed by atoms with Crippen molar-refractivity contribution in [3.05, 3.63) is 35.6 Å². The molecule has 2 amide bonds. The van der Waals surface area contributed by atoms with Gasteiger partial charge < -0.3 is 9.80 Å². The first-order valence-corrected chi connectivity index (χ1v) is 7.46. The van der Waals surface area contributed by atoms with E-state index in [0.717, 1.165) is 38.3 Å². The van der Waals surface area contributed by atoms with Gasteiger partial charge in [0.15, 0.2) is 0 Å². The van der Waals surface area contributed by atoms with Crippen LogP contribution in [0.25, 0.3) is 0 Å². The maximum absolute atomic E-state index is 13.2. The molecule has 114 valence electrons. The average molecular weight is 291 g/mol. The Kier molecular flexibility index (Phi) is 3.85. The highest BCUT2D eigenvalue weighted by molar-refractivity contribution is 5.74. The first-order valence-electron chi connectivity index (χ1n) is 7.46. The van der Waals surface area contributed by atoms with Crippen LogP contribution < -0.4 is 0 Å². The van der Waals surface area contributed by atoms with Crippen LogP contribution >= 0.6 is 0 Å². The van der Waals surface area contributed by atoms with Crippen LogP contribution in [-0.2, 0) is 6.54 Å². The molecule has 21 heavy (non-hydrogen) atoms. The molecule has 3 rings (SSSR count). The van der Waals surface area contributed by atoms with Crippen LogP contribution in [0.15, 0.2) is 24.3 Å². The van der Waals surface area contributed by atoms with Gasteiger partial charge >= 0.3 is 6.03 Å². The molecule has 0 aromatic heterocycles. The highest BCUT2D eigenvalue weighted by Gasteiger charge is 2.41. The first kappa shape index (κ1) is 14.3. The fourth-order valence-corrected chi connectivity index (χ4v) is 3.55. The zero-order valence-electron chi connectivity index (χ0n) is 12.6. The van der Waals surface area contributed by atoms with E-state index < -0.39 is 0 Å². The third-order valence-electron chi connectivity index (χ3n) is 4.51. The molecule has 2 saturated heterocycles. The van der Waals surface area contributed by atoms with Gasteiger partial charge in [-0.15, -0.1) is 0 Å². The van der Waals surface area contributed by atoms with Gasteiger partial charge in [-0.05, 0) is 29.5 Å². The van der Waals surface area contributed by atoms with Crippen molar-refractivity contribution in [2.24, 2.45) is 11.8 Å². The normalized spacial score (nSPS) is 25.2. The molecule has 0 radical (unpaired) electrons. The summed E-state index contributed by atoms with van der Waals surface area (Å²) in [5, 5.41) is 0. The van der Waals surface area contributed by atoms with Crippen LogP contribution in [-0.4, -0.2) is 61.0 Å². The maximum Gasteiger partial charge on any atom is 0.319 e. The summed E-state index contributed by atoms with van der Waals surface area (Å²) in [6, 6.07) is 6.93. The van der Waals surface area contributed by atoms with Gasteiger partial charge in [0, 0.05) is 46.8 Å². The molecule has 2 heterocycles. The monoisotopic (exact) mass is 291 g/mol. The van der Waals surface area contributed by atoms with Crippen molar-refractivity contribution in [1.29, 1.82) is 0 Å². The second-order valence-electron chi connectivity index (χ2n) is 6.43. The minimum Gasteiger partial charge on any atom is -0.331 e. The van der Waals surface area contributed by atoms with Crippen LogP contribution in [0.5, 0.6) is 0 Å². The molecule has 1 aromatic rings. The molecule has 1 aromatic carbocycles. The number of carbonyl (C=O) groups excluding carboxylic acids is 1. The van der Waals surface area contributed by atoms with Crippen LogP contribution in [0, 0.1) is 17.7 Å². The molecule has 2 unspecified atom stereocenters. The SMILES string of the molecule is CN(C)C(=O)N1CC2CN(Cc3cccc(F)c3)CC2C1. The van der Waals surface area contributed by atoms with Gasteiger partial charge in [0.05, 0.1) is 0 Å². The van der Waals surface area contributed by atoms with E-state index in [4.69, 9.17) is 0 Å². The molecule has 0 aliphatic carbocycles. The zero-order chi connectivity index (χ0) is 15.0. The average Bonchev–Trinajstić information content (AvgIpc) is 2.95. The van der Waals surface area contributed by atoms with Gasteiger partial charge in [0.1, 0.15) is 5.82 Å². The molecule has 2 aliphatic heterocycles. The molecule has 4 nitrogen and oxygen atoms in total. The number of fused-ring (bicyclic) bond motifs is 1. The Morgan fingerprint density at radius 1 is 1.24 bits per heavy atom. The van der Waals surface area contributed by atoms with E-state index >= 15 is 0 Å². The minimum absolute atomic E-state index is 0.112. The topological polar surface area (TPSA) is 26.8 Å². The predicted octanol–water partition coefficient (Wildman–Crippen LogP) is 1.87. The van der Waals surface area contributed by atoms with Crippen LogP contribution in [0.1, 0.15) is 5.56 Å². The summed E-state index contributed by atoms with van der Waals surface area (Å²) in [6.07, 6.45) is 0. The number of hydrogen-bond acceptors (Lipinski definition) is 2. The van der Waals surface area contributed by atoms with Crippen LogP contribution in [0.3, 0.4) is 0 Å². The lowest BCUT2D eigenvalue weighted by atomic mass is 10.0. The number of benzene rings is 1. The number of amides is 2. The van der Waals surface area contributed by atoms with Crippen molar-refractivity contribution in [3.8, 4) is 0 Å². The minimum atomic E-state index is -0.172. The Labute approximate surface area is 125 Å². The van der Waals surface area contributed by atoms with Gasteiger partial charge in [-0.1, -0.05) is 12.1 Å². The van der Waals surface area contributed by atoms with E-state index in [1.165, 1.54) is 6.07 Å². The van der Waals surface area contributed by atoms with Gasteiger partial charge in [-0.25, -0.2) is 9.18 Å². The van der Waals surface area contributed by atoms with Crippen molar-refractivity contribution in [3.63, 3.8) is 0 Å². The highest BCUT2D eigenvalue weighted by atomic mass is 19.1. The molecule has 2 aliphatic rings. The number of nitrogens with zero attached hydrogens (tertiary/aromatic N) is 3. The molecule has 2 atom stereocenters. The molecular formula is C16H22FN3O. The van der Waals surface area contributed by atoms with E-state index in [9.17, 15) is 9.18 Å². The Morgan fingerprint density at radius 2 is 1.90 bits per heavy atom. The zero-order valence-corrected chi connectivity index (χ0v) is 12.6. The summed E-state index contributed by atoms with van der Waals surface area (Å²) < 4.78 is 13.2. The molecule has 0 N–H and O–H groups in total. The summed E-state index contributed by atoms with van der Waals surface area (Å²) in [5.74, 6) is 0.944. The Morgan fingerprint density at radius 3 is 2.48 bits per heavy atom. The Bertz CT molecular complexity index is 520. The Balaban J connectivity index is 1.56. The molecule has 0 bridgehead atoms. The lowest BCUT2D eigenvalue weighted by Gasteiger charge is -2.24. The largest absolute Gasteiger partial charge is 0.331 e. The van der Waals surface area contributed by atoms with E-state index in [1.54, 1.807) is 31.1 Å². The summed E-state index contributed by atoms with van der Waals surface area (Å²) >= 11 is 0. The standard InChI is InChI=1S/C16H22FN3O/c1-18(2)16(21)20-10-13-8-19(9-14(13)11-20)7-12-4-3-5-15(17)6-12/h3-6,13-14H,7-11H2,1-2H3. The number of likely N-dealkylation sites (tertiary alicyclic amines) is 2. The maximum atomic E-state index is 13.2. The van der Waals surface area contributed by atoms with Crippen LogP contribution in [0.4, 0.5) is 9.18 Å². The number of hydrogen-bond donors (Lipinski definition) is 0. The number of urea groups is 1. The molecule has 0 spiro atoms. The van der Waals surface area contributed by atoms with E-state index in [2.05, 4.69) is 4.90 Å². The molecular weight excluding hydrogens is 269 g/mol. The van der Waals surface area contributed by atoms with Gasteiger partial charge in [-0.3, -0.25) is 4.90 Å². The highest BCUT2D eigenvalue weighted by Crippen LogP contribution is 2.32. The van der Waals surface area contributed by atoms with Crippen molar-refractivity contribution in [1.82, 2.24) is 14.7 Å². The third-order valence-corrected chi connectivity index (χ3v) is 4.51. The van der Waals surface area contributed by atoms with E-state index in [0.29, 0.717) is 11.8 Å². The summed E-state index contributed by atoms with van der Waals surface area (Å²) in [4.78, 5) is 18.0. The Hall–Kier alpha value is -1.62. The number of carbonyl (C=O) groups is 1. The fraction of sp³-hybridized carbons (Fsp3) is 0.562. The lowest BCUT2D eigenvalue weighted by molar-refractivity contribution is 0.173. The number of rotatable bonds is 2. The first-order chi connectivity index (χ1) is 10.0. The van der Waals surface area contributed by atoms with Crippen LogP contribution in [0.2, 0.25) is 0 Å². The van der Waals surface area contributed by atoms with E-state index in [-0.39, 0.29) is 11.8 Å². The molecule has 2 fully saturated rings. The lowest BCUT2D eigenvalue weighted by Crippen LogP contribution is -2.39. The summed E-state index contributed by atoms with van der Waals surface area (Å²) in [5.41, 5.74) is 1.02. The van der Waals surface area contributed by atoms with Gasteiger partial charge in [-0.2, -0.15) is 0 Å². The number of halogens is 1. The summed E-state index contributed by atoms with van der Waals surface area (Å²) in [6.45, 7) is 4.49. The van der Waals surface area contributed by atoms with Crippen molar-refractivity contribution in [2.45, 2.75) is 6.54 Å². The predicted molar refractivity (Wildman–Crippen MR) is 79.3 cm³/mol. The summed E-state index contributed by atoms with van der Waals surface area (Å²) in [7, 11) is 3.60. The fourth-order valence-electron chi connectivity index (χ4n) is 3.55. The van der Waals surface area contributed by atoms with E-state index in [1.807, 2.05) is 11.0 Å². The third kappa shape index (κ3) is 3.02. The van der Waals surface area contributed by atoms with Crippen molar-refractivity contribution < 1.29 is 9.18 Å². The van der Waals surface area contributed by atoms with Gasteiger partial charge in [0.2, 0.25) is 0 Å². The molecule has 5 heteroatoms. The van der Waals surface area contributed by atoms with Crippen molar-refractivity contribution >= 4 is 6.03 Å². The smallest absolute Gasteiger partial charge is 0.319 e. The molecule has 0 saturated carbocycles. The second kappa shape index (κ2) is 5.64. The van der Waals surface area contributed by atoms with Gasteiger partial charge in [0.25, 0.3) is 0 Å².